The number of aromatic nitrogens is 1. The zero-order valence-corrected chi connectivity index (χ0v) is 13.6. The molecule has 3 N–H and O–H groups in total. The quantitative estimate of drug-likeness (QED) is 0.615. The first-order valence-electron chi connectivity index (χ1n) is 7.48. The van der Waals surface area contributed by atoms with Gasteiger partial charge in [-0.05, 0) is 32.1 Å². The van der Waals surface area contributed by atoms with E-state index in [0.29, 0.717) is 0 Å². The number of nitrogens with one attached hydrogen (secondary N) is 1. The second-order valence-electron chi connectivity index (χ2n) is 4.96. The van der Waals surface area contributed by atoms with Gasteiger partial charge >= 0.3 is 18.0 Å². The van der Waals surface area contributed by atoms with Crippen molar-refractivity contribution in [2.45, 2.75) is 19.9 Å². The largest absolute Gasteiger partial charge is 0.462 e. The highest BCUT2D eigenvalue weighted by molar-refractivity contribution is 5.93. The van der Waals surface area contributed by atoms with Crippen LogP contribution in [-0.4, -0.2) is 36.2 Å². The van der Waals surface area contributed by atoms with Gasteiger partial charge in [0.15, 0.2) is 0 Å². The summed E-state index contributed by atoms with van der Waals surface area (Å²) in [4.78, 5) is 27.2. The zero-order valence-electron chi connectivity index (χ0n) is 13.6. The van der Waals surface area contributed by atoms with E-state index in [1.165, 1.54) is 25.3 Å². The number of halogens is 2. The van der Waals surface area contributed by atoms with Crippen molar-refractivity contribution in [3.63, 3.8) is 0 Å². The molecule has 1 aliphatic rings. The lowest BCUT2D eigenvalue weighted by Crippen LogP contribution is -2.42. The first-order chi connectivity index (χ1) is 11.8. The van der Waals surface area contributed by atoms with E-state index in [0.717, 1.165) is 6.08 Å². The molecule has 0 radical (unpaired) electrons. The Balaban J connectivity index is 2.33. The number of pyridine rings is 1. The maximum Gasteiger partial charge on any atom is 0.357 e. The Labute approximate surface area is 142 Å². The van der Waals surface area contributed by atoms with Crippen molar-refractivity contribution in [3.05, 3.63) is 41.2 Å². The minimum atomic E-state index is -3.65. The summed E-state index contributed by atoms with van der Waals surface area (Å²) in [6.45, 7) is 3.33. The standard InChI is InChI=1S/C16H17F2N3O4/c1-3-24-14(22)9-7-11(19)13(20-8-9)12-6-5-10(15(23)25-4-2)16(17,18)21-12/h5-8,21H,3-4,19H2,1-2H3. The van der Waals surface area contributed by atoms with Gasteiger partial charge in [-0.1, -0.05) is 0 Å². The highest BCUT2D eigenvalue weighted by Crippen LogP contribution is 2.31. The van der Waals surface area contributed by atoms with E-state index in [-0.39, 0.29) is 35.9 Å². The van der Waals surface area contributed by atoms with Crippen molar-refractivity contribution in [2.24, 2.45) is 0 Å². The number of alkyl halides is 2. The molecular weight excluding hydrogens is 336 g/mol. The van der Waals surface area contributed by atoms with E-state index in [2.05, 4.69) is 9.72 Å². The zero-order chi connectivity index (χ0) is 18.6. The van der Waals surface area contributed by atoms with Crippen LogP contribution in [-0.2, 0) is 14.3 Å². The SMILES string of the molecule is CCOC(=O)C1=CC=C(c2ncc(C(=O)OCC)cc2N)NC1(F)F. The van der Waals surface area contributed by atoms with Gasteiger partial charge in [-0.3, -0.25) is 4.98 Å². The predicted octanol–water partition coefficient (Wildman–Crippen LogP) is 1.87. The average Bonchev–Trinajstić information content (AvgIpc) is 2.54. The second kappa shape index (κ2) is 7.29. The molecule has 9 heteroatoms. The van der Waals surface area contributed by atoms with Crippen molar-refractivity contribution in [2.75, 3.05) is 18.9 Å². The number of allylic oxidation sites excluding steroid dienone is 2. The maximum atomic E-state index is 14.2. The van der Waals surface area contributed by atoms with Gasteiger partial charge in [-0.25, -0.2) is 9.59 Å². The molecule has 1 aromatic rings. The number of rotatable bonds is 5. The molecule has 25 heavy (non-hydrogen) atoms. The molecule has 0 aliphatic carbocycles. The smallest absolute Gasteiger partial charge is 0.357 e. The lowest BCUT2D eigenvalue weighted by atomic mass is 10.1. The van der Waals surface area contributed by atoms with Gasteiger partial charge in [-0.2, -0.15) is 8.78 Å². The Morgan fingerprint density at radius 2 is 1.84 bits per heavy atom. The number of hydrogen-bond acceptors (Lipinski definition) is 7. The molecule has 0 unspecified atom stereocenters. The van der Waals surface area contributed by atoms with Crippen molar-refractivity contribution in [3.8, 4) is 0 Å². The minimum absolute atomic E-state index is 0.00749. The Morgan fingerprint density at radius 1 is 1.20 bits per heavy atom. The molecule has 1 aromatic heterocycles. The van der Waals surface area contributed by atoms with Crippen molar-refractivity contribution in [1.82, 2.24) is 10.3 Å². The van der Waals surface area contributed by atoms with Crippen LogP contribution in [0.25, 0.3) is 5.70 Å². The van der Waals surface area contributed by atoms with Gasteiger partial charge in [0.25, 0.3) is 0 Å². The van der Waals surface area contributed by atoms with E-state index >= 15 is 0 Å². The molecule has 134 valence electrons. The third-order valence-corrected chi connectivity index (χ3v) is 3.23. The van der Waals surface area contributed by atoms with Crippen LogP contribution in [0.15, 0.2) is 30.0 Å². The number of hydrogen-bond donors (Lipinski definition) is 2. The minimum Gasteiger partial charge on any atom is -0.462 e. The summed E-state index contributed by atoms with van der Waals surface area (Å²) in [5.74, 6) is -1.73. The Morgan fingerprint density at radius 3 is 2.40 bits per heavy atom. The summed E-state index contributed by atoms with van der Waals surface area (Å²) in [6, 6.07) is -2.37. The normalized spacial score (nSPS) is 15.5. The van der Waals surface area contributed by atoms with Crippen LogP contribution in [0.2, 0.25) is 0 Å². The molecule has 7 nitrogen and oxygen atoms in total. The van der Waals surface area contributed by atoms with Gasteiger partial charge in [0.1, 0.15) is 11.3 Å². The number of anilines is 1. The third-order valence-electron chi connectivity index (χ3n) is 3.23. The van der Waals surface area contributed by atoms with E-state index < -0.39 is 23.6 Å². The number of nitrogen functional groups attached to an aromatic ring is 1. The predicted molar refractivity (Wildman–Crippen MR) is 85.4 cm³/mol. The summed E-state index contributed by atoms with van der Waals surface area (Å²) in [6.07, 6.45) is 3.37. The number of dihydropyridines is 1. The second-order valence-corrected chi connectivity index (χ2v) is 4.96. The Hall–Kier alpha value is -2.97. The molecule has 0 spiro atoms. The number of ether oxygens (including phenoxy) is 2. The van der Waals surface area contributed by atoms with E-state index in [1.54, 1.807) is 6.92 Å². The van der Waals surface area contributed by atoms with Crippen LogP contribution >= 0.6 is 0 Å². The molecule has 0 fully saturated rings. The van der Waals surface area contributed by atoms with Crippen LogP contribution in [0.4, 0.5) is 14.5 Å². The summed E-state index contributed by atoms with van der Waals surface area (Å²) in [5, 5.41) is 1.91. The van der Waals surface area contributed by atoms with Crippen molar-refractivity contribution >= 4 is 23.3 Å². The first kappa shape index (κ1) is 18.4. The van der Waals surface area contributed by atoms with Crippen molar-refractivity contribution in [1.29, 1.82) is 0 Å². The van der Waals surface area contributed by atoms with Gasteiger partial charge in [0.2, 0.25) is 0 Å². The molecule has 0 atom stereocenters. The highest BCUT2D eigenvalue weighted by Gasteiger charge is 2.42. The molecule has 0 saturated heterocycles. The first-order valence-corrected chi connectivity index (χ1v) is 7.48. The fourth-order valence-electron chi connectivity index (χ4n) is 2.13. The summed E-state index contributed by atoms with van der Waals surface area (Å²) < 4.78 is 37.7. The van der Waals surface area contributed by atoms with Gasteiger partial charge in [0.05, 0.1) is 30.2 Å². The van der Waals surface area contributed by atoms with Crippen LogP contribution in [0, 0.1) is 0 Å². The van der Waals surface area contributed by atoms with Gasteiger partial charge in [-0.15, -0.1) is 0 Å². The Bertz CT molecular complexity index is 760. The summed E-state index contributed by atoms with van der Waals surface area (Å²) >= 11 is 0. The summed E-state index contributed by atoms with van der Waals surface area (Å²) in [5.41, 5.74) is 5.03. The Kier molecular flexibility index (Phi) is 5.35. The fraction of sp³-hybridized carbons (Fsp3) is 0.312. The average molecular weight is 353 g/mol. The van der Waals surface area contributed by atoms with E-state index in [4.69, 9.17) is 10.5 Å². The number of nitrogens with zero attached hydrogens (tertiary/aromatic N) is 1. The number of carbonyl (C=O) groups excluding carboxylic acids is 2. The third kappa shape index (κ3) is 3.93. The van der Waals surface area contributed by atoms with E-state index in [9.17, 15) is 18.4 Å². The van der Waals surface area contributed by atoms with Gasteiger partial charge < -0.3 is 20.5 Å². The number of carbonyl (C=O) groups is 2. The molecule has 0 bridgehead atoms. The molecular formula is C16H17F2N3O4. The van der Waals surface area contributed by atoms with Crippen LogP contribution in [0.5, 0.6) is 0 Å². The number of esters is 2. The van der Waals surface area contributed by atoms with Crippen molar-refractivity contribution < 1.29 is 27.8 Å². The molecule has 2 heterocycles. The number of nitrogens with two attached hydrogens (primary N) is 1. The van der Waals surface area contributed by atoms with Crippen LogP contribution in [0.1, 0.15) is 29.9 Å². The molecule has 0 aromatic carbocycles. The highest BCUT2D eigenvalue weighted by atomic mass is 19.3. The molecule has 0 saturated carbocycles. The molecule has 0 amide bonds. The molecule has 2 rings (SSSR count). The van der Waals surface area contributed by atoms with Crippen LogP contribution < -0.4 is 11.1 Å². The van der Waals surface area contributed by atoms with Crippen LogP contribution in [0.3, 0.4) is 0 Å². The topological polar surface area (TPSA) is 104 Å². The fourth-order valence-corrected chi connectivity index (χ4v) is 2.13. The molecule has 1 aliphatic heterocycles. The lowest BCUT2D eigenvalue weighted by Gasteiger charge is -2.25. The van der Waals surface area contributed by atoms with Gasteiger partial charge in [0, 0.05) is 6.20 Å². The summed E-state index contributed by atoms with van der Waals surface area (Å²) in [7, 11) is 0. The monoisotopic (exact) mass is 353 g/mol. The van der Waals surface area contributed by atoms with E-state index in [1.807, 2.05) is 5.32 Å². The lowest BCUT2D eigenvalue weighted by molar-refractivity contribution is -0.142. The maximum absolute atomic E-state index is 14.2.